The Labute approximate surface area is 116 Å². The van der Waals surface area contributed by atoms with Crippen LogP contribution < -0.4 is 0 Å². The van der Waals surface area contributed by atoms with E-state index in [1.165, 1.54) is 49.8 Å². The molecule has 0 N–H and O–H groups in total. The number of aromatic nitrogens is 2. The van der Waals surface area contributed by atoms with Crippen LogP contribution in [0.1, 0.15) is 51.0 Å². The van der Waals surface area contributed by atoms with Crippen molar-refractivity contribution < 1.29 is 0 Å². The molecule has 0 radical (unpaired) electrons. The fourth-order valence-corrected chi connectivity index (χ4v) is 2.45. The second kappa shape index (κ2) is 7.78. The molecule has 1 aromatic carbocycles. The Bertz CT molecular complexity index is 460. The van der Waals surface area contributed by atoms with Crippen molar-refractivity contribution in [2.24, 2.45) is 0 Å². The summed E-state index contributed by atoms with van der Waals surface area (Å²) in [5, 5.41) is 4.33. The first-order valence-electron chi connectivity index (χ1n) is 7.49. The van der Waals surface area contributed by atoms with Crippen LogP contribution in [0.3, 0.4) is 0 Å². The molecule has 0 aliphatic carbocycles. The minimum Gasteiger partial charge on any atom is -0.241 e. The number of benzene rings is 1. The van der Waals surface area contributed by atoms with Crippen LogP contribution in [-0.2, 0) is 6.42 Å². The summed E-state index contributed by atoms with van der Waals surface area (Å²) in [6.07, 6.45) is 13.1. The SMILES string of the molecule is CCCCCCCCc1ccccc1-n1cccn1. The molecule has 0 saturated heterocycles. The average Bonchev–Trinajstić information content (AvgIpc) is 2.97. The van der Waals surface area contributed by atoms with Gasteiger partial charge in [0.2, 0.25) is 0 Å². The molecule has 2 rings (SSSR count). The van der Waals surface area contributed by atoms with E-state index in [2.05, 4.69) is 36.3 Å². The molecule has 0 aliphatic heterocycles. The summed E-state index contributed by atoms with van der Waals surface area (Å²) in [6, 6.07) is 10.6. The standard InChI is InChI=1S/C17H24N2/c1-2-3-4-5-6-7-11-16-12-8-9-13-17(16)19-15-10-14-18-19/h8-10,12-15H,2-7,11H2,1H3. The van der Waals surface area contributed by atoms with Crippen molar-refractivity contribution in [3.8, 4) is 5.69 Å². The smallest absolute Gasteiger partial charge is 0.0677 e. The topological polar surface area (TPSA) is 17.8 Å². The molecule has 2 nitrogen and oxygen atoms in total. The molecule has 0 fully saturated rings. The van der Waals surface area contributed by atoms with Crippen molar-refractivity contribution in [2.45, 2.75) is 51.9 Å². The molecule has 0 bridgehead atoms. The van der Waals surface area contributed by atoms with E-state index in [0.29, 0.717) is 0 Å². The maximum Gasteiger partial charge on any atom is 0.0677 e. The maximum atomic E-state index is 4.33. The molecule has 2 aromatic rings. The summed E-state index contributed by atoms with van der Waals surface area (Å²) in [7, 11) is 0. The molecular formula is C17H24N2. The molecule has 0 atom stereocenters. The van der Waals surface area contributed by atoms with Gasteiger partial charge in [-0.05, 0) is 30.5 Å². The van der Waals surface area contributed by atoms with E-state index in [1.54, 1.807) is 0 Å². The number of aryl methyl sites for hydroxylation is 1. The molecule has 1 aromatic heterocycles. The van der Waals surface area contributed by atoms with Crippen molar-refractivity contribution in [1.29, 1.82) is 0 Å². The monoisotopic (exact) mass is 256 g/mol. The average molecular weight is 256 g/mol. The number of para-hydroxylation sites is 1. The van der Waals surface area contributed by atoms with E-state index in [0.717, 1.165) is 6.42 Å². The third-order valence-corrected chi connectivity index (χ3v) is 3.54. The third-order valence-electron chi connectivity index (χ3n) is 3.54. The van der Waals surface area contributed by atoms with Gasteiger partial charge in [-0.2, -0.15) is 5.10 Å². The lowest BCUT2D eigenvalue weighted by Crippen LogP contribution is -2.00. The van der Waals surface area contributed by atoms with Gasteiger partial charge in [-0.15, -0.1) is 0 Å². The van der Waals surface area contributed by atoms with Gasteiger partial charge >= 0.3 is 0 Å². The van der Waals surface area contributed by atoms with Crippen molar-refractivity contribution in [1.82, 2.24) is 9.78 Å². The Morgan fingerprint density at radius 1 is 0.947 bits per heavy atom. The highest BCUT2D eigenvalue weighted by molar-refractivity contribution is 5.40. The van der Waals surface area contributed by atoms with Gasteiger partial charge in [0.1, 0.15) is 0 Å². The van der Waals surface area contributed by atoms with Gasteiger partial charge in [0.15, 0.2) is 0 Å². The van der Waals surface area contributed by atoms with Gasteiger partial charge in [0.25, 0.3) is 0 Å². The fourth-order valence-electron chi connectivity index (χ4n) is 2.45. The molecule has 2 heteroatoms. The number of rotatable bonds is 8. The zero-order chi connectivity index (χ0) is 13.3. The van der Waals surface area contributed by atoms with Crippen molar-refractivity contribution in [3.63, 3.8) is 0 Å². The maximum absolute atomic E-state index is 4.33. The molecule has 0 aliphatic rings. The van der Waals surface area contributed by atoms with Gasteiger partial charge in [-0.1, -0.05) is 57.2 Å². The molecule has 19 heavy (non-hydrogen) atoms. The van der Waals surface area contributed by atoms with Crippen LogP contribution in [0, 0.1) is 0 Å². The molecule has 0 saturated carbocycles. The lowest BCUT2D eigenvalue weighted by molar-refractivity contribution is 0.606. The fraction of sp³-hybridized carbons (Fsp3) is 0.471. The van der Waals surface area contributed by atoms with Crippen LogP contribution in [0.4, 0.5) is 0 Å². The minimum atomic E-state index is 1.15. The Morgan fingerprint density at radius 3 is 2.53 bits per heavy atom. The summed E-state index contributed by atoms with van der Waals surface area (Å²) >= 11 is 0. The second-order valence-corrected chi connectivity index (χ2v) is 5.10. The van der Waals surface area contributed by atoms with Crippen molar-refractivity contribution in [2.75, 3.05) is 0 Å². The summed E-state index contributed by atoms with van der Waals surface area (Å²) in [4.78, 5) is 0. The van der Waals surface area contributed by atoms with E-state index in [4.69, 9.17) is 0 Å². The number of unbranched alkanes of at least 4 members (excludes halogenated alkanes) is 5. The van der Waals surface area contributed by atoms with E-state index in [9.17, 15) is 0 Å². The Balaban J connectivity index is 1.87. The van der Waals surface area contributed by atoms with Crippen LogP contribution in [0.25, 0.3) is 5.69 Å². The molecule has 0 spiro atoms. The highest BCUT2D eigenvalue weighted by Gasteiger charge is 2.03. The second-order valence-electron chi connectivity index (χ2n) is 5.10. The zero-order valence-electron chi connectivity index (χ0n) is 11.9. The normalized spacial score (nSPS) is 10.8. The van der Waals surface area contributed by atoms with Crippen LogP contribution >= 0.6 is 0 Å². The van der Waals surface area contributed by atoms with Gasteiger partial charge in [-0.25, -0.2) is 4.68 Å². The number of hydrogen-bond acceptors (Lipinski definition) is 1. The predicted octanol–water partition coefficient (Wildman–Crippen LogP) is 4.78. The highest BCUT2D eigenvalue weighted by atomic mass is 15.3. The lowest BCUT2D eigenvalue weighted by Gasteiger charge is -2.09. The van der Waals surface area contributed by atoms with Gasteiger partial charge in [-0.3, -0.25) is 0 Å². The molecule has 0 amide bonds. The van der Waals surface area contributed by atoms with Gasteiger partial charge < -0.3 is 0 Å². The first-order valence-corrected chi connectivity index (χ1v) is 7.49. The Kier molecular flexibility index (Phi) is 5.67. The van der Waals surface area contributed by atoms with Crippen molar-refractivity contribution in [3.05, 3.63) is 48.3 Å². The van der Waals surface area contributed by atoms with Crippen LogP contribution in [-0.4, -0.2) is 9.78 Å². The molecule has 102 valence electrons. The van der Waals surface area contributed by atoms with Crippen molar-refractivity contribution >= 4 is 0 Å². The molecular weight excluding hydrogens is 232 g/mol. The van der Waals surface area contributed by atoms with E-state index < -0.39 is 0 Å². The predicted molar refractivity (Wildman–Crippen MR) is 80.6 cm³/mol. The van der Waals surface area contributed by atoms with Gasteiger partial charge in [0, 0.05) is 12.4 Å². The van der Waals surface area contributed by atoms with E-state index in [-0.39, 0.29) is 0 Å². The van der Waals surface area contributed by atoms with Crippen LogP contribution in [0.2, 0.25) is 0 Å². The number of nitrogens with zero attached hydrogens (tertiary/aromatic N) is 2. The quantitative estimate of drug-likeness (QED) is 0.622. The molecule has 1 heterocycles. The summed E-state index contributed by atoms with van der Waals surface area (Å²) in [5.41, 5.74) is 2.63. The van der Waals surface area contributed by atoms with E-state index >= 15 is 0 Å². The first kappa shape index (κ1) is 13.9. The number of hydrogen-bond donors (Lipinski definition) is 0. The minimum absolute atomic E-state index is 1.15. The largest absolute Gasteiger partial charge is 0.241 e. The summed E-state index contributed by atoms with van der Waals surface area (Å²) in [5.74, 6) is 0. The highest BCUT2D eigenvalue weighted by Crippen LogP contribution is 2.17. The van der Waals surface area contributed by atoms with Gasteiger partial charge in [0.05, 0.1) is 5.69 Å². The van der Waals surface area contributed by atoms with Crippen LogP contribution in [0.5, 0.6) is 0 Å². The lowest BCUT2D eigenvalue weighted by atomic mass is 10.0. The first-order chi connectivity index (χ1) is 9.42. The Hall–Kier alpha value is -1.57. The molecule has 0 unspecified atom stereocenters. The summed E-state index contributed by atoms with van der Waals surface area (Å²) < 4.78 is 1.96. The Morgan fingerprint density at radius 2 is 1.74 bits per heavy atom. The van der Waals surface area contributed by atoms with Crippen LogP contribution in [0.15, 0.2) is 42.7 Å². The summed E-state index contributed by atoms with van der Waals surface area (Å²) in [6.45, 7) is 2.26. The third kappa shape index (κ3) is 4.23. The van der Waals surface area contributed by atoms with E-state index in [1.807, 2.05) is 23.1 Å². The zero-order valence-corrected chi connectivity index (χ0v) is 11.9.